The van der Waals surface area contributed by atoms with E-state index in [-0.39, 0.29) is 6.04 Å². The average Bonchev–Trinajstić information content (AvgIpc) is 2.84. The summed E-state index contributed by atoms with van der Waals surface area (Å²) in [6, 6.07) is 10.7. The summed E-state index contributed by atoms with van der Waals surface area (Å²) in [6.07, 6.45) is 10.3. The standard InChI is InChI=1S/C29H39N5/c1-8-16-33(7)23(5)27-11-10-25(9-2)28(19-27)32-24(6)31-22(4)26-12-15-30-29(20-26)34-17-13-21(3)14-18-34/h8-12,15-16,19-21,23H,2,4,13-14,17-18H2,1,3,5-7H3,(H,31,32)/b16-8+. The summed E-state index contributed by atoms with van der Waals surface area (Å²) in [5.41, 5.74) is 4.93. The number of aliphatic imine (C=N–C) groups is 1. The Morgan fingerprint density at radius 3 is 2.68 bits per heavy atom. The first kappa shape index (κ1) is 25.3. The lowest BCUT2D eigenvalue weighted by Crippen LogP contribution is -2.33. The van der Waals surface area contributed by atoms with Crippen molar-refractivity contribution in [2.45, 2.75) is 46.6 Å². The molecule has 5 heteroatoms. The number of nitrogens with one attached hydrogen (secondary N) is 1. The lowest BCUT2D eigenvalue weighted by atomic mass is 9.99. The molecule has 3 rings (SSSR count). The highest BCUT2D eigenvalue weighted by Gasteiger charge is 2.17. The zero-order chi connectivity index (χ0) is 24.7. The SMILES string of the molecule is C=Cc1ccc(C(C)N(C)/C=C/C)cc1N=C(C)NC(=C)c1ccnc(N2CCC(C)CC2)c1. The molecule has 2 heterocycles. The maximum atomic E-state index is 4.88. The van der Waals surface area contributed by atoms with Gasteiger partial charge in [0, 0.05) is 37.6 Å². The Morgan fingerprint density at radius 1 is 1.26 bits per heavy atom. The van der Waals surface area contributed by atoms with Gasteiger partial charge in [-0.05, 0) is 75.1 Å². The van der Waals surface area contributed by atoms with E-state index in [0.717, 1.165) is 53.2 Å². The van der Waals surface area contributed by atoms with Crippen molar-refractivity contribution in [2.24, 2.45) is 10.9 Å². The van der Waals surface area contributed by atoms with Gasteiger partial charge in [-0.25, -0.2) is 9.98 Å². The van der Waals surface area contributed by atoms with E-state index in [1.807, 2.05) is 38.3 Å². The van der Waals surface area contributed by atoms with Crippen LogP contribution in [-0.4, -0.2) is 35.9 Å². The fourth-order valence-electron chi connectivity index (χ4n) is 4.21. The molecule has 34 heavy (non-hydrogen) atoms. The molecular weight excluding hydrogens is 418 g/mol. The minimum Gasteiger partial charge on any atom is -0.374 e. The van der Waals surface area contributed by atoms with Gasteiger partial charge in [0.2, 0.25) is 0 Å². The van der Waals surface area contributed by atoms with E-state index < -0.39 is 0 Å². The van der Waals surface area contributed by atoms with E-state index in [4.69, 9.17) is 4.99 Å². The third kappa shape index (κ3) is 6.37. The first-order valence-corrected chi connectivity index (χ1v) is 12.2. The van der Waals surface area contributed by atoms with Crippen LogP contribution in [0.4, 0.5) is 11.5 Å². The quantitative estimate of drug-likeness (QED) is 0.350. The summed E-state index contributed by atoms with van der Waals surface area (Å²) in [7, 11) is 2.08. The van der Waals surface area contributed by atoms with Gasteiger partial charge in [-0.3, -0.25) is 0 Å². The molecule has 0 radical (unpaired) electrons. The van der Waals surface area contributed by atoms with E-state index in [1.54, 1.807) is 0 Å². The van der Waals surface area contributed by atoms with Gasteiger partial charge in [-0.1, -0.05) is 44.4 Å². The number of amidine groups is 1. The van der Waals surface area contributed by atoms with E-state index in [0.29, 0.717) is 0 Å². The zero-order valence-electron chi connectivity index (χ0n) is 21.4. The van der Waals surface area contributed by atoms with Crippen LogP contribution in [0.25, 0.3) is 11.8 Å². The first-order valence-electron chi connectivity index (χ1n) is 12.2. The molecule has 0 aliphatic carbocycles. The van der Waals surface area contributed by atoms with Crippen LogP contribution >= 0.6 is 0 Å². The van der Waals surface area contributed by atoms with Gasteiger partial charge in [0.25, 0.3) is 0 Å². The topological polar surface area (TPSA) is 43.8 Å². The zero-order valence-corrected chi connectivity index (χ0v) is 21.4. The highest BCUT2D eigenvalue weighted by molar-refractivity contribution is 5.91. The van der Waals surface area contributed by atoms with Gasteiger partial charge in [0.05, 0.1) is 11.7 Å². The van der Waals surface area contributed by atoms with Gasteiger partial charge in [0.15, 0.2) is 0 Å². The van der Waals surface area contributed by atoms with Crippen molar-refractivity contribution in [3.05, 3.63) is 78.7 Å². The molecule has 5 nitrogen and oxygen atoms in total. The molecule has 2 aromatic rings. The Kier molecular flexibility index (Phi) is 8.69. The van der Waals surface area contributed by atoms with Crippen LogP contribution in [0.15, 0.2) is 67.0 Å². The van der Waals surface area contributed by atoms with Crippen LogP contribution in [0.1, 0.15) is 63.3 Å². The van der Waals surface area contributed by atoms with Crippen molar-refractivity contribution in [1.82, 2.24) is 15.2 Å². The number of piperidine rings is 1. The minimum absolute atomic E-state index is 0.236. The third-order valence-corrected chi connectivity index (χ3v) is 6.57. The number of pyridine rings is 1. The fourth-order valence-corrected chi connectivity index (χ4v) is 4.21. The van der Waals surface area contributed by atoms with Crippen molar-refractivity contribution in [3.63, 3.8) is 0 Å². The summed E-state index contributed by atoms with van der Waals surface area (Å²) in [4.78, 5) is 14.0. The first-order chi connectivity index (χ1) is 16.3. The molecule has 1 unspecified atom stereocenters. The van der Waals surface area contributed by atoms with Crippen molar-refractivity contribution in [2.75, 3.05) is 25.0 Å². The smallest absolute Gasteiger partial charge is 0.129 e. The normalized spacial score (nSPS) is 15.9. The Bertz CT molecular complexity index is 1060. The van der Waals surface area contributed by atoms with Crippen LogP contribution < -0.4 is 10.2 Å². The van der Waals surface area contributed by atoms with Crippen molar-refractivity contribution in [3.8, 4) is 0 Å². The van der Waals surface area contributed by atoms with Crippen LogP contribution in [0.3, 0.4) is 0 Å². The minimum atomic E-state index is 0.236. The summed E-state index contributed by atoms with van der Waals surface area (Å²) >= 11 is 0. The van der Waals surface area contributed by atoms with Gasteiger partial charge in [-0.2, -0.15) is 0 Å². The maximum absolute atomic E-state index is 4.88. The number of benzene rings is 1. The summed E-state index contributed by atoms with van der Waals surface area (Å²) < 4.78 is 0. The molecule has 180 valence electrons. The van der Waals surface area contributed by atoms with Crippen molar-refractivity contribution < 1.29 is 0 Å². The molecule has 1 N–H and O–H groups in total. The number of anilines is 1. The second kappa shape index (κ2) is 11.7. The van der Waals surface area contributed by atoms with Crippen LogP contribution in [0.5, 0.6) is 0 Å². The number of aromatic nitrogens is 1. The van der Waals surface area contributed by atoms with Gasteiger partial charge in [0.1, 0.15) is 11.7 Å². The molecule has 1 atom stereocenters. The van der Waals surface area contributed by atoms with Crippen LogP contribution in [0.2, 0.25) is 0 Å². The number of rotatable bonds is 8. The predicted octanol–water partition coefficient (Wildman–Crippen LogP) is 6.80. The number of hydrogen-bond acceptors (Lipinski definition) is 4. The van der Waals surface area contributed by atoms with E-state index in [9.17, 15) is 0 Å². The highest BCUT2D eigenvalue weighted by Crippen LogP contribution is 2.28. The molecule has 0 amide bonds. The lowest BCUT2D eigenvalue weighted by molar-refractivity contribution is 0.361. The van der Waals surface area contributed by atoms with E-state index in [2.05, 4.69) is 84.6 Å². The average molecular weight is 458 g/mol. The Hall–Kier alpha value is -3.34. The summed E-state index contributed by atoms with van der Waals surface area (Å²) in [5, 5.41) is 3.38. The predicted molar refractivity (Wildman–Crippen MR) is 147 cm³/mol. The van der Waals surface area contributed by atoms with Crippen LogP contribution in [-0.2, 0) is 0 Å². The molecule has 1 saturated heterocycles. The molecule has 1 fully saturated rings. The van der Waals surface area contributed by atoms with E-state index >= 15 is 0 Å². The molecule has 1 aromatic heterocycles. The molecule has 0 bridgehead atoms. The molecule has 1 aromatic carbocycles. The molecule has 1 aliphatic rings. The van der Waals surface area contributed by atoms with Gasteiger partial charge < -0.3 is 15.1 Å². The maximum Gasteiger partial charge on any atom is 0.129 e. The molecule has 1 aliphatic heterocycles. The number of allylic oxidation sites excluding steroid dienone is 1. The Morgan fingerprint density at radius 2 is 2.00 bits per heavy atom. The van der Waals surface area contributed by atoms with E-state index in [1.165, 1.54) is 18.4 Å². The second-order valence-electron chi connectivity index (χ2n) is 9.22. The highest BCUT2D eigenvalue weighted by atomic mass is 15.2. The number of hydrogen-bond donors (Lipinski definition) is 1. The number of nitrogens with zero attached hydrogens (tertiary/aromatic N) is 4. The molecular formula is C29H39N5. The van der Waals surface area contributed by atoms with Crippen molar-refractivity contribution >= 4 is 29.1 Å². The van der Waals surface area contributed by atoms with Gasteiger partial charge in [-0.15, -0.1) is 0 Å². The summed E-state index contributed by atoms with van der Waals surface area (Å²) in [6.45, 7) is 18.8. The fraction of sp³-hybridized carbons (Fsp3) is 0.379. The largest absolute Gasteiger partial charge is 0.374 e. The molecule has 0 spiro atoms. The lowest BCUT2D eigenvalue weighted by Gasteiger charge is -2.31. The monoisotopic (exact) mass is 457 g/mol. The van der Waals surface area contributed by atoms with Crippen LogP contribution in [0, 0.1) is 5.92 Å². The summed E-state index contributed by atoms with van der Waals surface area (Å²) in [5.74, 6) is 2.59. The van der Waals surface area contributed by atoms with Crippen molar-refractivity contribution in [1.29, 1.82) is 0 Å². The second-order valence-corrected chi connectivity index (χ2v) is 9.22. The van der Waals surface area contributed by atoms with Gasteiger partial charge >= 0.3 is 0 Å². The Balaban J connectivity index is 1.77. The molecule has 0 saturated carbocycles. The Labute approximate surface area is 205 Å². The third-order valence-electron chi connectivity index (χ3n) is 6.57.